The lowest BCUT2D eigenvalue weighted by Crippen LogP contribution is -2.05. The molecule has 0 fully saturated rings. The lowest BCUT2D eigenvalue weighted by atomic mass is 9.86. The fraction of sp³-hybridized carbons (Fsp3) is 0.429. The van der Waals surface area contributed by atoms with Crippen LogP contribution in [-0.2, 0) is 6.42 Å². The number of hydrogen-bond donors (Lipinski definition) is 0. The lowest BCUT2D eigenvalue weighted by molar-refractivity contribution is 0.417. The number of rotatable bonds is 7. The lowest BCUT2D eigenvalue weighted by Gasteiger charge is -2.19. The van der Waals surface area contributed by atoms with Gasteiger partial charge in [-0.2, -0.15) is 0 Å². The summed E-state index contributed by atoms with van der Waals surface area (Å²) in [6, 6.07) is 13.4. The molecule has 0 amide bonds. The molecule has 0 radical (unpaired) electrons. The van der Waals surface area contributed by atoms with E-state index in [0.717, 1.165) is 35.4 Å². The van der Waals surface area contributed by atoms with Crippen molar-refractivity contribution in [1.82, 2.24) is 0 Å². The topological polar surface area (TPSA) is 0 Å². The van der Waals surface area contributed by atoms with Crippen molar-refractivity contribution in [2.75, 3.05) is 0 Å². The molecule has 0 aliphatic heterocycles. The minimum absolute atomic E-state index is 0.153. The maximum absolute atomic E-state index is 14.3. The van der Waals surface area contributed by atoms with E-state index in [-0.39, 0.29) is 5.82 Å². The van der Waals surface area contributed by atoms with E-state index >= 15 is 0 Å². The monoisotopic (exact) mass is 388 g/mol. The number of aryl methyl sites for hydroxylation is 1. The fourth-order valence-electron chi connectivity index (χ4n) is 4.02. The summed E-state index contributed by atoms with van der Waals surface area (Å²) in [7, 11) is 0. The van der Waals surface area contributed by atoms with Crippen LogP contribution in [0.15, 0.2) is 54.1 Å². The molecule has 1 unspecified atom stereocenters. The van der Waals surface area contributed by atoms with E-state index in [1.807, 2.05) is 43.3 Å². The average Bonchev–Trinajstić information content (AvgIpc) is 2.76. The summed E-state index contributed by atoms with van der Waals surface area (Å²) in [6.07, 6.45) is 13.6. The molecule has 0 saturated heterocycles. The van der Waals surface area contributed by atoms with Gasteiger partial charge in [0.25, 0.3) is 0 Å². The molecular weight excluding hydrogens is 355 g/mol. The Hall–Kier alpha value is -2.33. The van der Waals surface area contributed by atoms with Gasteiger partial charge in [0.05, 0.1) is 0 Å². The maximum atomic E-state index is 14.3. The Balaban J connectivity index is 1.57. The van der Waals surface area contributed by atoms with Crippen LogP contribution in [0, 0.1) is 23.6 Å². The van der Waals surface area contributed by atoms with E-state index in [9.17, 15) is 4.39 Å². The second-order valence-corrected chi connectivity index (χ2v) is 8.21. The first-order chi connectivity index (χ1) is 14.2. The Kier molecular flexibility index (Phi) is 8.12. The first-order valence-corrected chi connectivity index (χ1v) is 11.3. The normalized spacial score (nSPS) is 16.1. The van der Waals surface area contributed by atoms with Gasteiger partial charge in [-0.05, 0) is 66.5 Å². The number of unbranched alkanes of at least 4 members (excludes halogenated alkanes) is 3. The van der Waals surface area contributed by atoms with Gasteiger partial charge in [-0.15, -0.1) is 0 Å². The number of hydrogen-bond acceptors (Lipinski definition) is 0. The van der Waals surface area contributed by atoms with Crippen molar-refractivity contribution in [2.24, 2.45) is 5.92 Å². The summed E-state index contributed by atoms with van der Waals surface area (Å²) in [4.78, 5) is 0. The smallest absolute Gasteiger partial charge is 0.131 e. The van der Waals surface area contributed by atoms with Gasteiger partial charge in [0, 0.05) is 11.1 Å². The summed E-state index contributed by atoms with van der Waals surface area (Å²) in [5.41, 5.74) is 4.85. The van der Waals surface area contributed by atoms with Gasteiger partial charge in [0.1, 0.15) is 5.82 Å². The minimum Gasteiger partial charge on any atom is -0.206 e. The van der Waals surface area contributed by atoms with Crippen LogP contribution >= 0.6 is 0 Å². The molecule has 1 heteroatoms. The molecule has 2 aromatic carbocycles. The largest absolute Gasteiger partial charge is 0.206 e. The van der Waals surface area contributed by atoms with Gasteiger partial charge < -0.3 is 0 Å². The Morgan fingerprint density at radius 1 is 0.966 bits per heavy atom. The maximum Gasteiger partial charge on any atom is 0.131 e. The Labute approximate surface area is 176 Å². The molecule has 29 heavy (non-hydrogen) atoms. The zero-order chi connectivity index (χ0) is 20.5. The van der Waals surface area contributed by atoms with Gasteiger partial charge in [-0.1, -0.05) is 88.1 Å². The van der Waals surface area contributed by atoms with Crippen molar-refractivity contribution in [3.63, 3.8) is 0 Å². The van der Waals surface area contributed by atoms with E-state index in [1.165, 1.54) is 50.5 Å². The zero-order valence-corrected chi connectivity index (χ0v) is 17.9. The third-order valence-electron chi connectivity index (χ3n) is 5.99. The van der Waals surface area contributed by atoms with Crippen LogP contribution in [0.25, 0.3) is 11.1 Å². The van der Waals surface area contributed by atoms with Gasteiger partial charge in [0.2, 0.25) is 0 Å². The zero-order valence-electron chi connectivity index (χ0n) is 17.9. The molecule has 0 bridgehead atoms. The van der Waals surface area contributed by atoms with E-state index in [2.05, 4.69) is 24.8 Å². The third kappa shape index (κ3) is 6.33. The van der Waals surface area contributed by atoms with E-state index < -0.39 is 0 Å². The molecule has 0 heterocycles. The molecule has 152 valence electrons. The third-order valence-corrected chi connectivity index (χ3v) is 5.99. The molecule has 3 rings (SSSR count). The molecule has 1 aliphatic rings. The SMILES string of the molecule is CCCCCCC1CC=C(C#Cc2ccc(-c3ccc(CC)cc3F)cc2)CC1. The molecule has 1 atom stereocenters. The molecule has 0 aromatic heterocycles. The summed E-state index contributed by atoms with van der Waals surface area (Å²) in [5, 5.41) is 0. The quantitative estimate of drug-likeness (QED) is 0.332. The molecule has 0 N–H and O–H groups in total. The summed E-state index contributed by atoms with van der Waals surface area (Å²) in [5.74, 6) is 7.35. The second kappa shape index (κ2) is 11.0. The molecule has 2 aromatic rings. The van der Waals surface area contributed by atoms with Crippen LogP contribution in [0.2, 0.25) is 0 Å². The van der Waals surface area contributed by atoms with Crippen LogP contribution in [0.1, 0.15) is 76.3 Å². The number of halogens is 1. The minimum atomic E-state index is -0.153. The predicted octanol–water partition coefficient (Wildman–Crippen LogP) is 8.10. The summed E-state index contributed by atoms with van der Waals surface area (Å²) < 4.78 is 14.3. The first kappa shape index (κ1) is 21.4. The van der Waals surface area contributed by atoms with Crippen molar-refractivity contribution in [1.29, 1.82) is 0 Å². The first-order valence-electron chi connectivity index (χ1n) is 11.3. The van der Waals surface area contributed by atoms with Crippen molar-refractivity contribution in [3.8, 4) is 23.0 Å². The highest BCUT2D eigenvalue weighted by Crippen LogP contribution is 2.28. The Morgan fingerprint density at radius 2 is 1.79 bits per heavy atom. The molecule has 1 aliphatic carbocycles. The van der Waals surface area contributed by atoms with Crippen molar-refractivity contribution >= 4 is 0 Å². The van der Waals surface area contributed by atoms with Crippen LogP contribution < -0.4 is 0 Å². The van der Waals surface area contributed by atoms with Crippen LogP contribution in [-0.4, -0.2) is 0 Å². The fourth-order valence-corrected chi connectivity index (χ4v) is 4.02. The van der Waals surface area contributed by atoms with Crippen molar-refractivity contribution in [2.45, 2.75) is 71.6 Å². The highest BCUT2D eigenvalue weighted by Gasteiger charge is 2.13. The van der Waals surface area contributed by atoms with Crippen molar-refractivity contribution in [3.05, 3.63) is 71.1 Å². The Morgan fingerprint density at radius 3 is 2.45 bits per heavy atom. The van der Waals surface area contributed by atoms with Gasteiger partial charge in [-0.3, -0.25) is 0 Å². The van der Waals surface area contributed by atoms with Crippen LogP contribution in [0.3, 0.4) is 0 Å². The van der Waals surface area contributed by atoms with E-state index in [0.29, 0.717) is 5.56 Å². The van der Waals surface area contributed by atoms with Gasteiger partial charge >= 0.3 is 0 Å². The molecular formula is C28H33F. The van der Waals surface area contributed by atoms with E-state index in [1.54, 1.807) is 6.07 Å². The molecule has 0 spiro atoms. The van der Waals surface area contributed by atoms with Crippen LogP contribution in [0.5, 0.6) is 0 Å². The Bertz CT molecular complexity index is 877. The predicted molar refractivity (Wildman–Crippen MR) is 122 cm³/mol. The van der Waals surface area contributed by atoms with E-state index in [4.69, 9.17) is 0 Å². The molecule has 0 nitrogen and oxygen atoms in total. The highest BCUT2D eigenvalue weighted by atomic mass is 19.1. The van der Waals surface area contributed by atoms with Gasteiger partial charge in [-0.25, -0.2) is 4.39 Å². The molecule has 0 saturated carbocycles. The standard InChI is InChI=1S/C28H33F/c1-3-5-6-7-8-23-9-11-24(12-10-23)13-14-25-15-18-26(19-16-25)27-20-17-22(4-2)21-28(27)29/h11,15-21,23H,3-10,12H2,1-2H3. The second-order valence-electron chi connectivity index (χ2n) is 8.21. The van der Waals surface area contributed by atoms with Crippen LogP contribution in [0.4, 0.5) is 4.39 Å². The average molecular weight is 389 g/mol. The van der Waals surface area contributed by atoms with Gasteiger partial charge in [0.15, 0.2) is 0 Å². The van der Waals surface area contributed by atoms with Crippen molar-refractivity contribution < 1.29 is 4.39 Å². The highest BCUT2D eigenvalue weighted by molar-refractivity contribution is 5.65. The number of allylic oxidation sites excluding steroid dienone is 2. The summed E-state index contributed by atoms with van der Waals surface area (Å²) >= 11 is 0. The number of benzene rings is 2. The summed E-state index contributed by atoms with van der Waals surface area (Å²) in [6.45, 7) is 4.31.